The molecule has 168 valence electrons. The molecular weight excluding hydrogens is 410 g/mol. The number of amides is 2. The third kappa shape index (κ3) is 5.46. The predicted molar refractivity (Wildman–Crippen MR) is 122 cm³/mol. The van der Waals surface area contributed by atoms with Gasteiger partial charge >= 0.3 is 5.97 Å². The maximum Gasteiger partial charge on any atom is 0.337 e. The second-order valence-electron chi connectivity index (χ2n) is 7.33. The van der Waals surface area contributed by atoms with Crippen LogP contribution in [0.25, 0.3) is 0 Å². The molecule has 2 aromatic rings. The van der Waals surface area contributed by atoms with Crippen LogP contribution < -0.4 is 15.0 Å². The first kappa shape index (κ1) is 22.9. The number of methoxy groups -OCH3 is 2. The van der Waals surface area contributed by atoms with Crippen molar-refractivity contribution in [2.45, 2.75) is 6.92 Å². The summed E-state index contributed by atoms with van der Waals surface area (Å²) in [6, 6.07) is 14.1. The summed E-state index contributed by atoms with van der Waals surface area (Å²) in [4.78, 5) is 40.5. The number of carbonyl (C=O) groups excluding carboxylic acids is 3. The molecule has 2 amide bonds. The maximum absolute atomic E-state index is 12.7. The van der Waals surface area contributed by atoms with Gasteiger partial charge < -0.3 is 24.6 Å². The van der Waals surface area contributed by atoms with Gasteiger partial charge in [0.05, 0.1) is 25.5 Å². The van der Waals surface area contributed by atoms with Gasteiger partial charge in [-0.15, -0.1) is 0 Å². The number of rotatable bonds is 6. The third-order valence-electron chi connectivity index (χ3n) is 5.28. The zero-order valence-corrected chi connectivity index (χ0v) is 18.5. The minimum atomic E-state index is -0.449. The van der Waals surface area contributed by atoms with Crippen LogP contribution in [-0.2, 0) is 14.3 Å². The van der Waals surface area contributed by atoms with Gasteiger partial charge in [-0.25, -0.2) is 4.79 Å². The molecule has 0 atom stereocenters. The van der Waals surface area contributed by atoms with Gasteiger partial charge in [0.1, 0.15) is 5.75 Å². The lowest BCUT2D eigenvalue weighted by Gasteiger charge is -2.36. The Kier molecular flexibility index (Phi) is 7.49. The highest BCUT2D eigenvalue weighted by atomic mass is 16.5. The number of anilines is 2. The first-order chi connectivity index (χ1) is 15.4. The monoisotopic (exact) mass is 437 g/mol. The fourth-order valence-electron chi connectivity index (χ4n) is 3.44. The topological polar surface area (TPSA) is 88.2 Å². The van der Waals surface area contributed by atoms with Gasteiger partial charge in [0.15, 0.2) is 0 Å². The number of esters is 1. The first-order valence-corrected chi connectivity index (χ1v) is 10.3. The molecule has 0 aromatic heterocycles. The van der Waals surface area contributed by atoms with Crippen LogP contribution in [0.1, 0.15) is 17.3 Å². The van der Waals surface area contributed by atoms with E-state index in [0.29, 0.717) is 43.0 Å². The largest absolute Gasteiger partial charge is 0.495 e. The van der Waals surface area contributed by atoms with Gasteiger partial charge in [0.2, 0.25) is 5.91 Å². The molecule has 1 saturated heterocycles. The SMILES string of the molecule is COC(=O)c1ccc(NC(=O)/C(C)=C/C(=O)N2CCN(c3ccccc3OC)CC2)cc1. The van der Waals surface area contributed by atoms with Crippen LogP contribution in [0.3, 0.4) is 0 Å². The molecule has 0 saturated carbocycles. The van der Waals surface area contributed by atoms with Crippen molar-refractivity contribution in [3.8, 4) is 5.75 Å². The second kappa shape index (κ2) is 10.5. The molecule has 0 radical (unpaired) electrons. The maximum atomic E-state index is 12.7. The number of benzene rings is 2. The lowest BCUT2D eigenvalue weighted by Crippen LogP contribution is -2.48. The van der Waals surface area contributed by atoms with E-state index in [4.69, 9.17) is 4.74 Å². The van der Waals surface area contributed by atoms with Crippen LogP contribution >= 0.6 is 0 Å². The highest BCUT2D eigenvalue weighted by Gasteiger charge is 2.22. The quantitative estimate of drug-likeness (QED) is 0.552. The van der Waals surface area contributed by atoms with Crippen molar-refractivity contribution < 1.29 is 23.9 Å². The van der Waals surface area contributed by atoms with Gasteiger partial charge in [0.25, 0.3) is 5.91 Å². The number of piperazine rings is 1. The fraction of sp³-hybridized carbons (Fsp3) is 0.292. The van der Waals surface area contributed by atoms with Gasteiger partial charge in [-0.3, -0.25) is 9.59 Å². The zero-order valence-electron chi connectivity index (χ0n) is 18.5. The number of carbonyl (C=O) groups is 3. The fourth-order valence-corrected chi connectivity index (χ4v) is 3.44. The molecule has 8 nitrogen and oxygen atoms in total. The van der Waals surface area contributed by atoms with Crippen molar-refractivity contribution in [1.29, 1.82) is 0 Å². The summed E-state index contributed by atoms with van der Waals surface area (Å²) in [6.45, 7) is 4.06. The highest BCUT2D eigenvalue weighted by molar-refractivity contribution is 6.07. The minimum absolute atomic E-state index is 0.196. The molecule has 32 heavy (non-hydrogen) atoms. The molecule has 8 heteroatoms. The summed E-state index contributed by atoms with van der Waals surface area (Å²) < 4.78 is 10.1. The highest BCUT2D eigenvalue weighted by Crippen LogP contribution is 2.28. The number of ether oxygens (including phenoxy) is 2. The Bertz CT molecular complexity index is 1010. The standard InChI is InChI=1S/C24H27N3O5/c1-17(23(29)25-19-10-8-18(9-11-19)24(30)32-3)16-22(28)27-14-12-26(13-15-27)20-6-4-5-7-21(20)31-2/h4-11,16H,12-15H2,1-3H3,(H,25,29)/b17-16+. The normalized spacial score (nSPS) is 14.0. The average molecular weight is 437 g/mol. The van der Waals surface area contributed by atoms with E-state index >= 15 is 0 Å². The van der Waals surface area contributed by atoms with E-state index in [0.717, 1.165) is 11.4 Å². The molecule has 3 rings (SSSR count). The third-order valence-corrected chi connectivity index (χ3v) is 5.28. The Labute approximate surface area is 187 Å². The summed E-state index contributed by atoms with van der Waals surface area (Å²) in [5.41, 5.74) is 2.22. The average Bonchev–Trinajstić information content (AvgIpc) is 2.83. The van der Waals surface area contributed by atoms with Crippen molar-refractivity contribution >= 4 is 29.2 Å². The summed E-state index contributed by atoms with van der Waals surface area (Å²) in [5.74, 6) is -0.218. The smallest absolute Gasteiger partial charge is 0.337 e. The van der Waals surface area contributed by atoms with E-state index in [1.807, 2.05) is 24.3 Å². The van der Waals surface area contributed by atoms with E-state index in [1.165, 1.54) is 13.2 Å². The lowest BCUT2D eigenvalue weighted by molar-refractivity contribution is -0.126. The molecule has 1 heterocycles. The van der Waals surface area contributed by atoms with Crippen LogP contribution in [0.5, 0.6) is 5.75 Å². The van der Waals surface area contributed by atoms with Crippen molar-refractivity contribution in [2.75, 3.05) is 50.6 Å². The van der Waals surface area contributed by atoms with Gasteiger partial charge in [-0.05, 0) is 43.3 Å². The van der Waals surface area contributed by atoms with Crippen molar-refractivity contribution in [3.63, 3.8) is 0 Å². The van der Waals surface area contributed by atoms with E-state index in [-0.39, 0.29) is 11.8 Å². The predicted octanol–water partition coefficient (Wildman–Crippen LogP) is 2.72. The van der Waals surface area contributed by atoms with Crippen LogP contribution in [0.2, 0.25) is 0 Å². The lowest BCUT2D eigenvalue weighted by atomic mass is 10.2. The Morgan fingerprint density at radius 2 is 1.59 bits per heavy atom. The van der Waals surface area contributed by atoms with Crippen LogP contribution in [0.4, 0.5) is 11.4 Å². The number of para-hydroxylation sites is 2. The van der Waals surface area contributed by atoms with Crippen LogP contribution in [0.15, 0.2) is 60.2 Å². The molecule has 1 N–H and O–H groups in total. The summed E-state index contributed by atoms with van der Waals surface area (Å²) in [5, 5.41) is 2.72. The van der Waals surface area contributed by atoms with Crippen LogP contribution in [-0.4, -0.2) is 63.1 Å². The first-order valence-electron chi connectivity index (χ1n) is 10.3. The van der Waals surface area contributed by atoms with Crippen molar-refractivity contribution in [1.82, 2.24) is 4.90 Å². The molecular formula is C24H27N3O5. The molecule has 0 bridgehead atoms. The van der Waals surface area contributed by atoms with E-state index in [1.54, 1.807) is 43.2 Å². The Hall–Kier alpha value is -3.81. The summed E-state index contributed by atoms with van der Waals surface area (Å²) >= 11 is 0. The Morgan fingerprint density at radius 1 is 0.938 bits per heavy atom. The number of hydrogen-bond donors (Lipinski definition) is 1. The Morgan fingerprint density at radius 3 is 2.22 bits per heavy atom. The molecule has 1 aliphatic heterocycles. The van der Waals surface area contributed by atoms with Gasteiger partial charge in [-0.2, -0.15) is 0 Å². The summed E-state index contributed by atoms with van der Waals surface area (Å²) in [6.07, 6.45) is 1.36. The minimum Gasteiger partial charge on any atom is -0.495 e. The number of hydrogen-bond acceptors (Lipinski definition) is 6. The van der Waals surface area contributed by atoms with Gasteiger partial charge in [-0.1, -0.05) is 12.1 Å². The van der Waals surface area contributed by atoms with E-state index < -0.39 is 5.97 Å². The van der Waals surface area contributed by atoms with Crippen molar-refractivity contribution in [3.05, 3.63) is 65.7 Å². The van der Waals surface area contributed by atoms with E-state index in [2.05, 4.69) is 15.0 Å². The molecule has 2 aromatic carbocycles. The van der Waals surface area contributed by atoms with Gasteiger partial charge in [0, 0.05) is 43.5 Å². The molecule has 0 spiro atoms. The number of nitrogens with one attached hydrogen (secondary N) is 1. The molecule has 0 aliphatic carbocycles. The molecule has 1 fully saturated rings. The van der Waals surface area contributed by atoms with Crippen LogP contribution in [0, 0.1) is 0 Å². The van der Waals surface area contributed by atoms with Crippen molar-refractivity contribution in [2.24, 2.45) is 0 Å². The number of nitrogens with zero attached hydrogens (tertiary/aromatic N) is 2. The molecule has 1 aliphatic rings. The van der Waals surface area contributed by atoms with E-state index in [9.17, 15) is 14.4 Å². The zero-order chi connectivity index (χ0) is 23.1. The summed E-state index contributed by atoms with van der Waals surface area (Å²) in [7, 11) is 2.95. The molecule has 0 unspecified atom stereocenters. The Balaban J connectivity index is 1.55. The second-order valence-corrected chi connectivity index (χ2v) is 7.33.